The number of amides is 1. The third-order valence-corrected chi connectivity index (χ3v) is 3.89. The number of ether oxygens (including phenoxy) is 2. The Bertz CT molecular complexity index is 683. The smallest absolute Gasteiger partial charge is 0.221 e. The molecule has 1 atom stereocenters. The van der Waals surface area contributed by atoms with Crippen molar-refractivity contribution in [3.63, 3.8) is 0 Å². The van der Waals surface area contributed by atoms with E-state index in [1.807, 2.05) is 24.3 Å². The first-order valence-electron chi connectivity index (χ1n) is 8.29. The Morgan fingerprint density at radius 2 is 1.84 bits per heavy atom. The highest BCUT2D eigenvalue weighted by molar-refractivity contribution is 5.76. The minimum atomic E-state index is -0.298. The molecule has 6 heteroatoms. The number of hydrogen-bond acceptors (Lipinski definition) is 4. The summed E-state index contributed by atoms with van der Waals surface area (Å²) in [5.74, 6) is 0.929. The predicted octanol–water partition coefficient (Wildman–Crippen LogP) is 2.61. The first-order chi connectivity index (χ1) is 12.2. The second-order valence-corrected chi connectivity index (χ2v) is 5.91. The van der Waals surface area contributed by atoms with Crippen molar-refractivity contribution in [2.24, 2.45) is 0 Å². The van der Waals surface area contributed by atoms with Crippen LogP contribution in [0.4, 0.5) is 4.39 Å². The van der Waals surface area contributed by atoms with Gasteiger partial charge in [0, 0.05) is 25.6 Å². The zero-order valence-corrected chi connectivity index (χ0v) is 13.8. The van der Waals surface area contributed by atoms with E-state index >= 15 is 0 Å². The SMILES string of the molecule is O=C(CC1COCCN1)NCc1ccc(Oc2ccc(F)cc2)cc1. The van der Waals surface area contributed by atoms with Crippen molar-refractivity contribution in [1.82, 2.24) is 10.6 Å². The number of rotatable bonds is 6. The first kappa shape index (κ1) is 17.4. The molecule has 1 fully saturated rings. The van der Waals surface area contributed by atoms with Crippen molar-refractivity contribution in [2.75, 3.05) is 19.8 Å². The molecule has 1 saturated heterocycles. The van der Waals surface area contributed by atoms with Gasteiger partial charge in [0.25, 0.3) is 0 Å². The van der Waals surface area contributed by atoms with Crippen LogP contribution >= 0.6 is 0 Å². The maximum Gasteiger partial charge on any atom is 0.221 e. The van der Waals surface area contributed by atoms with Crippen molar-refractivity contribution >= 4 is 5.91 Å². The molecule has 1 amide bonds. The van der Waals surface area contributed by atoms with Gasteiger partial charge in [0.05, 0.1) is 13.2 Å². The van der Waals surface area contributed by atoms with Crippen molar-refractivity contribution in [2.45, 2.75) is 19.0 Å². The number of nitrogens with one attached hydrogen (secondary N) is 2. The highest BCUT2D eigenvalue weighted by Crippen LogP contribution is 2.21. The van der Waals surface area contributed by atoms with Gasteiger partial charge in [-0.3, -0.25) is 4.79 Å². The molecule has 1 aliphatic rings. The molecule has 0 saturated carbocycles. The largest absolute Gasteiger partial charge is 0.457 e. The number of morpholine rings is 1. The molecule has 0 aliphatic carbocycles. The predicted molar refractivity (Wildman–Crippen MR) is 92.0 cm³/mol. The Morgan fingerprint density at radius 1 is 1.16 bits per heavy atom. The van der Waals surface area contributed by atoms with Gasteiger partial charge < -0.3 is 20.1 Å². The maximum absolute atomic E-state index is 12.9. The third-order valence-electron chi connectivity index (χ3n) is 3.89. The van der Waals surface area contributed by atoms with E-state index in [0.29, 0.717) is 37.7 Å². The van der Waals surface area contributed by atoms with E-state index in [1.54, 1.807) is 12.1 Å². The molecular formula is C19H21FN2O3. The summed E-state index contributed by atoms with van der Waals surface area (Å²) in [4.78, 5) is 12.0. The monoisotopic (exact) mass is 344 g/mol. The van der Waals surface area contributed by atoms with Crippen molar-refractivity contribution in [3.8, 4) is 11.5 Å². The van der Waals surface area contributed by atoms with E-state index in [-0.39, 0.29) is 17.8 Å². The zero-order chi connectivity index (χ0) is 17.5. The van der Waals surface area contributed by atoms with Gasteiger partial charge in [-0.05, 0) is 42.0 Å². The van der Waals surface area contributed by atoms with E-state index in [1.165, 1.54) is 12.1 Å². The molecule has 0 aromatic heterocycles. The molecule has 1 aliphatic heterocycles. The molecule has 0 radical (unpaired) electrons. The lowest BCUT2D eigenvalue weighted by molar-refractivity contribution is -0.122. The molecule has 2 aromatic carbocycles. The van der Waals surface area contributed by atoms with Crippen molar-refractivity contribution < 1.29 is 18.7 Å². The van der Waals surface area contributed by atoms with E-state index in [9.17, 15) is 9.18 Å². The number of halogens is 1. The molecule has 2 aromatic rings. The van der Waals surface area contributed by atoms with Crippen molar-refractivity contribution in [1.29, 1.82) is 0 Å². The highest BCUT2D eigenvalue weighted by Gasteiger charge is 2.16. The minimum Gasteiger partial charge on any atom is -0.457 e. The average molecular weight is 344 g/mol. The Morgan fingerprint density at radius 3 is 2.48 bits per heavy atom. The number of benzene rings is 2. The number of carbonyl (C=O) groups is 1. The van der Waals surface area contributed by atoms with E-state index in [0.717, 1.165) is 12.1 Å². The molecule has 0 spiro atoms. The summed E-state index contributed by atoms with van der Waals surface area (Å²) in [5, 5.41) is 6.16. The molecule has 2 N–H and O–H groups in total. The summed E-state index contributed by atoms with van der Waals surface area (Å²) < 4.78 is 23.9. The number of carbonyl (C=O) groups excluding carboxylic acids is 1. The highest BCUT2D eigenvalue weighted by atomic mass is 19.1. The van der Waals surface area contributed by atoms with Crippen LogP contribution in [0.1, 0.15) is 12.0 Å². The lowest BCUT2D eigenvalue weighted by Gasteiger charge is -2.23. The van der Waals surface area contributed by atoms with Gasteiger partial charge in [-0.1, -0.05) is 12.1 Å². The molecular weight excluding hydrogens is 323 g/mol. The minimum absolute atomic E-state index is 0.00496. The average Bonchev–Trinajstić information content (AvgIpc) is 2.64. The summed E-state index contributed by atoms with van der Waals surface area (Å²) >= 11 is 0. The van der Waals surface area contributed by atoms with Crippen LogP contribution in [0, 0.1) is 5.82 Å². The van der Waals surface area contributed by atoms with Gasteiger partial charge in [0.1, 0.15) is 17.3 Å². The van der Waals surface area contributed by atoms with Gasteiger partial charge in [-0.25, -0.2) is 4.39 Å². The first-order valence-corrected chi connectivity index (χ1v) is 8.29. The van der Waals surface area contributed by atoms with Crippen LogP contribution in [0.2, 0.25) is 0 Å². The number of hydrogen-bond donors (Lipinski definition) is 2. The van der Waals surface area contributed by atoms with Gasteiger partial charge in [-0.2, -0.15) is 0 Å². The summed E-state index contributed by atoms with van der Waals surface area (Å²) in [6.07, 6.45) is 0.408. The molecule has 1 heterocycles. The van der Waals surface area contributed by atoms with Crippen LogP contribution in [-0.2, 0) is 16.1 Å². The second kappa shape index (κ2) is 8.60. The van der Waals surface area contributed by atoms with Crippen molar-refractivity contribution in [3.05, 3.63) is 59.9 Å². The van der Waals surface area contributed by atoms with E-state index < -0.39 is 0 Å². The fraction of sp³-hybridized carbons (Fsp3) is 0.316. The molecule has 25 heavy (non-hydrogen) atoms. The summed E-state index contributed by atoms with van der Waals surface area (Å²) in [6.45, 7) is 2.52. The summed E-state index contributed by atoms with van der Waals surface area (Å²) in [5.41, 5.74) is 0.979. The Balaban J connectivity index is 1.45. The zero-order valence-electron chi connectivity index (χ0n) is 13.8. The summed E-state index contributed by atoms with van der Waals surface area (Å²) in [6, 6.07) is 13.4. The lowest BCUT2D eigenvalue weighted by atomic mass is 10.1. The Kier molecular flexibility index (Phi) is 5.98. The van der Waals surface area contributed by atoms with Crippen LogP contribution < -0.4 is 15.4 Å². The van der Waals surface area contributed by atoms with E-state index in [2.05, 4.69) is 10.6 Å². The Labute approximate surface area is 146 Å². The quantitative estimate of drug-likeness (QED) is 0.846. The van der Waals surface area contributed by atoms with Crippen LogP contribution in [0.3, 0.4) is 0 Å². The van der Waals surface area contributed by atoms with Gasteiger partial charge in [0.15, 0.2) is 0 Å². The fourth-order valence-electron chi connectivity index (χ4n) is 2.56. The Hall–Kier alpha value is -2.44. The third kappa shape index (κ3) is 5.55. The van der Waals surface area contributed by atoms with Crippen LogP contribution in [0.5, 0.6) is 11.5 Å². The topological polar surface area (TPSA) is 59.6 Å². The molecule has 132 valence electrons. The lowest BCUT2D eigenvalue weighted by Crippen LogP contribution is -2.44. The van der Waals surface area contributed by atoms with Gasteiger partial charge in [0.2, 0.25) is 5.91 Å². The normalized spacial score (nSPS) is 17.1. The van der Waals surface area contributed by atoms with E-state index in [4.69, 9.17) is 9.47 Å². The van der Waals surface area contributed by atoms with Crippen LogP contribution in [0.25, 0.3) is 0 Å². The summed E-state index contributed by atoms with van der Waals surface area (Å²) in [7, 11) is 0. The molecule has 5 nitrogen and oxygen atoms in total. The fourth-order valence-corrected chi connectivity index (χ4v) is 2.56. The van der Waals surface area contributed by atoms with Gasteiger partial charge in [-0.15, -0.1) is 0 Å². The maximum atomic E-state index is 12.9. The molecule has 1 unspecified atom stereocenters. The standard InChI is InChI=1S/C19H21FN2O3/c20-15-3-7-18(8-4-15)25-17-5-1-14(2-6-17)12-22-19(23)11-16-13-24-10-9-21-16/h1-8,16,21H,9-13H2,(H,22,23). The van der Waals surface area contributed by atoms with Crippen LogP contribution in [0.15, 0.2) is 48.5 Å². The second-order valence-electron chi connectivity index (χ2n) is 5.91. The molecule has 3 rings (SSSR count). The van der Waals surface area contributed by atoms with Gasteiger partial charge >= 0.3 is 0 Å². The molecule has 0 bridgehead atoms. The van der Waals surface area contributed by atoms with Crippen LogP contribution in [-0.4, -0.2) is 31.7 Å².